The molecule has 1 saturated heterocycles. The Bertz CT molecular complexity index is 1390. The summed E-state index contributed by atoms with van der Waals surface area (Å²) in [5.41, 5.74) is 12.3. The number of rotatable bonds is 13. The molecule has 18 nitrogen and oxygen atoms in total. The normalized spacial score (nSPS) is 22.6. The molecule has 1 aliphatic heterocycles. The summed E-state index contributed by atoms with van der Waals surface area (Å²) in [6.07, 6.45) is 1.79. The largest absolute Gasteiger partial charge is 0.490 e. The first-order valence-corrected chi connectivity index (χ1v) is 15.3. The van der Waals surface area contributed by atoms with Gasteiger partial charge >= 0.3 is 23.5 Å². The summed E-state index contributed by atoms with van der Waals surface area (Å²) in [7, 11) is -16.6. The predicted octanol–water partition coefficient (Wildman–Crippen LogP) is 0.500. The number of ether oxygens (including phenoxy) is 3. The number of phosphoric acid groups is 3. The van der Waals surface area contributed by atoms with Crippen LogP contribution in [0, 0.1) is 11.8 Å². The van der Waals surface area contributed by atoms with Crippen molar-refractivity contribution in [3.63, 3.8) is 0 Å². The van der Waals surface area contributed by atoms with Gasteiger partial charge < -0.3 is 49.8 Å². The zero-order valence-electron chi connectivity index (χ0n) is 20.0. The van der Waals surface area contributed by atoms with Gasteiger partial charge in [0.05, 0.1) is 36.8 Å². The Balaban J connectivity index is 1.82. The fourth-order valence-corrected chi connectivity index (χ4v) is 6.53. The van der Waals surface area contributed by atoms with Crippen LogP contribution in [0.3, 0.4) is 0 Å². The van der Waals surface area contributed by atoms with E-state index < -0.39 is 48.5 Å². The number of fused-ring (bicyclic) bond motifs is 1. The van der Waals surface area contributed by atoms with Gasteiger partial charge in [-0.05, 0) is 0 Å². The predicted molar refractivity (Wildman–Crippen MR) is 132 cm³/mol. The van der Waals surface area contributed by atoms with E-state index in [1.54, 1.807) is 10.8 Å². The lowest BCUT2D eigenvalue weighted by Crippen LogP contribution is -2.29. The van der Waals surface area contributed by atoms with Crippen molar-refractivity contribution in [2.75, 3.05) is 32.3 Å². The average molecular weight is 613 g/mol. The lowest BCUT2D eigenvalue weighted by Gasteiger charge is -2.21. The van der Waals surface area contributed by atoms with Gasteiger partial charge in [0, 0.05) is 12.6 Å². The van der Waals surface area contributed by atoms with E-state index in [1.807, 2.05) is 0 Å². The van der Waals surface area contributed by atoms with Crippen LogP contribution in [0.4, 0.5) is 5.82 Å². The molecule has 0 bridgehead atoms. The van der Waals surface area contributed by atoms with Crippen LogP contribution >= 0.6 is 23.5 Å². The van der Waals surface area contributed by atoms with Crippen molar-refractivity contribution in [2.24, 2.45) is 5.73 Å². The maximum Gasteiger partial charge on any atom is 0.490 e. The molecule has 5 atom stereocenters. The highest BCUT2D eigenvalue weighted by Gasteiger charge is 2.43. The minimum atomic E-state index is -5.69. The van der Waals surface area contributed by atoms with Gasteiger partial charge in [0.25, 0.3) is 0 Å². The molecule has 2 aromatic heterocycles. The third kappa shape index (κ3) is 8.98. The standard InChI is InChI=1S/C18H26N5O13P3/c1-2-6-31-11-32-13-7-15(23-8-12(4-3-5-19)16-17(20)21-10-22-18(16)23)34-14(13)9-33-38(27,28)36-39(29,30)35-37(24,25)26/h2,8,10,13-15H,1,5-7,9,11,19H2,(H,27,28)(H,29,30)(H2,20,21,22)(H2,24,25,26). The second-order valence-corrected chi connectivity index (χ2v) is 12.1. The van der Waals surface area contributed by atoms with Crippen LogP contribution < -0.4 is 11.5 Å². The van der Waals surface area contributed by atoms with E-state index in [0.717, 1.165) is 0 Å². The van der Waals surface area contributed by atoms with Gasteiger partial charge in [0.1, 0.15) is 36.9 Å². The summed E-state index contributed by atoms with van der Waals surface area (Å²) in [5.74, 6) is 5.77. The van der Waals surface area contributed by atoms with Crippen LogP contribution in [-0.4, -0.2) is 72.9 Å². The second kappa shape index (κ2) is 13.1. The van der Waals surface area contributed by atoms with Crippen LogP contribution in [0.5, 0.6) is 0 Å². The number of phosphoric ester groups is 1. The molecule has 0 spiro atoms. The molecule has 3 rings (SSSR count). The molecule has 1 aliphatic rings. The Labute approximate surface area is 221 Å². The lowest BCUT2D eigenvalue weighted by molar-refractivity contribution is -0.112. The molecule has 21 heteroatoms. The molecule has 216 valence electrons. The molecule has 0 radical (unpaired) electrons. The lowest BCUT2D eigenvalue weighted by atomic mass is 10.2. The van der Waals surface area contributed by atoms with Gasteiger partial charge in [-0.25, -0.2) is 23.7 Å². The minimum absolute atomic E-state index is 0.0868. The first-order valence-electron chi connectivity index (χ1n) is 10.8. The number of nitrogens with zero attached hydrogens (tertiary/aromatic N) is 3. The number of anilines is 1. The second-order valence-electron chi connectivity index (χ2n) is 7.65. The number of hydrogen-bond donors (Lipinski definition) is 6. The molecule has 2 aromatic rings. The van der Waals surface area contributed by atoms with Gasteiger partial charge in [0.15, 0.2) is 0 Å². The summed E-state index contributed by atoms with van der Waals surface area (Å²) in [5, 5.41) is 0.450. The van der Waals surface area contributed by atoms with Gasteiger partial charge in [-0.15, -0.1) is 6.58 Å². The van der Waals surface area contributed by atoms with Crippen molar-refractivity contribution in [3.8, 4) is 11.8 Å². The number of nitrogens with two attached hydrogens (primary N) is 2. The van der Waals surface area contributed by atoms with Crippen LogP contribution in [0.15, 0.2) is 25.2 Å². The number of nitrogen functional groups attached to an aromatic ring is 1. The molecular weight excluding hydrogens is 587 g/mol. The maximum atomic E-state index is 12.2. The van der Waals surface area contributed by atoms with E-state index in [1.165, 1.54) is 12.4 Å². The quantitative estimate of drug-likeness (QED) is 0.0590. The molecule has 1 fully saturated rings. The Hall–Kier alpha value is -2.03. The smallest absolute Gasteiger partial charge is 0.383 e. The highest BCUT2D eigenvalue weighted by molar-refractivity contribution is 7.66. The van der Waals surface area contributed by atoms with Crippen LogP contribution in [-0.2, 0) is 41.1 Å². The summed E-state index contributed by atoms with van der Waals surface area (Å²) in [4.78, 5) is 44.7. The Morgan fingerprint density at radius 1 is 1.21 bits per heavy atom. The highest BCUT2D eigenvalue weighted by Crippen LogP contribution is 2.66. The minimum Gasteiger partial charge on any atom is -0.383 e. The zero-order valence-corrected chi connectivity index (χ0v) is 22.7. The average Bonchev–Trinajstić information content (AvgIpc) is 3.39. The molecule has 0 saturated carbocycles. The monoisotopic (exact) mass is 613 g/mol. The Kier molecular flexibility index (Phi) is 10.6. The SMILES string of the molecule is C=CCOCOC1CC(n2cc(C#CCN)c3c(N)ncnc32)OC1COP(=O)(O)OP(=O)(O)OP(=O)(O)O. The van der Waals surface area contributed by atoms with Gasteiger partial charge in [-0.2, -0.15) is 8.62 Å². The van der Waals surface area contributed by atoms with Crippen molar-refractivity contribution < 1.29 is 60.6 Å². The van der Waals surface area contributed by atoms with E-state index >= 15 is 0 Å². The molecule has 39 heavy (non-hydrogen) atoms. The zero-order chi connectivity index (χ0) is 28.8. The third-order valence-corrected chi connectivity index (χ3v) is 8.68. The molecule has 0 aliphatic carbocycles. The molecule has 3 heterocycles. The summed E-state index contributed by atoms with van der Waals surface area (Å²) < 4.78 is 65.3. The van der Waals surface area contributed by atoms with Crippen molar-refractivity contribution in [1.29, 1.82) is 0 Å². The van der Waals surface area contributed by atoms with E-state index in [9.17, 15) is 23.5 Å². The van der Waals surface area contributed by atoms with Gasteiger partial charge in [-0.3, -0.25) is 4.52 Å². The molecule has 0 aromatic carbocycles. The number of aromatic nitrogens is 3. The fraction of sp³-hybridized carbons (Fsp3) is 0.444. The first-order chi connectivity index (χ1) is 18.3. The first kappa shape index (κ1) is 31.5. The van der Waals surface area contributed by atoms with Gasteiger partial charge in [-0.1, -0.05) is 17.9 Å². The Morgan fingerprint density at radius 3 is 2.62 bits per heavy atom. The number of hydrogen-bond acceptors (Lipinski definition) is 13. The van der Waals surface area contributed by atoms with Crippen molar-refractivity contribution in [2.45, 2.75) is 24.9 Å². The molecule has 8 N–H and O–H groups in total. The molecular formula is C18H26N5O13P3. The summed E-state index contributed by atoms with van der Waals surface area (Å²) in [6.45, 7) is 2.83. The molecule has 5 unspecified atom stereocenters. The van der Waals surface area contributed by atoms with Crippen LogP contribution in [0.25, 0.3) is 11.0 Å². The Morgan fingerprint density at radius 2 is 1.95 bits per heavy atom. The van der Waals surface area contributed by atoms with Crippen molar-refractivity contribution in [1.82, 2.24) is 14.5 Å². The van der Waals surface area contributed by atoms with Crippen molar-refractivity contribution >= 4 is 40.3 Å². The highest BCUT2D eigenvalue weighted by atomic mass is 31.3. The van der Waals surface area contributed by atoms with E-state index in [-0.39, 0.29) is 32.2 Å². The van der Waals surface area contributed by atoms with E-state index in [4.69, 9.17) is 40.0 Å². The summed E-state index contributed by atoms with van der Waals surface area (Å²) >= 11 is 0. The fourth-order valence-electron chi connectivity index (χ4n) is 3.50. The van der Waals surface area contributed by atoms with E-state index in [2.05, 4.69) is 37.0 Å². The third-order valence-electron chi connectivity index (χ3n) is 4.87. The van der Waals surface area contributed by atoms with E-state index in [0.29, 0.717) is 16.6 Å². The summed E-state index contributed by atoms with van der Waals surface area (Å²) in [6, 6.07) is 0. The topological polar surface area (TPSA) is 270 Å². The van der Waals surface area contributed by atoms with Crippen LogP contribution in [0.1, 0.15) is 18.2 Å². The van der Waals surface area contributed by atoms with Crippen molar-refractivity contribution in [3.05, 3.63) is 30.7 Å². The van der Waals surface area contributed by atoms with Crippen LogP contribution in [0.2, 0.25) is 0 Å². The molecule has 0 amide bonds. The van der Waals surface area contributed by atoms with Gasteiger partial charge in [0.2, 0.25) is 0 Å². The maximum absolute atomic E-state index is 12.2.